The van der Waals surface area contributed by atoms with Gasteiger partial charge in [0.15, 0.2) is 0 Å². The number of amides is 2. The van der Waals surface area contributed by atoms with Crippen molar-refractivity contribution in [2.45, 2.75) is 39.7 Å². The molecule has 1 fully saturated rings. The van der Waals surface area contributed by atoms with E-state index in [1.807, 2.05) is 59.5 Å². The van der Waals surface area contributed by atoms with Crippen LogP contribution in [-0.2, 0) is 22.6 Å². The molecule has 1 saturated carbocycles. The Morgan fingerprint density at radius 3 is 2.28 bits per heavy atom. The number of anilines is 1. The quantitative estimate of drug-likeness (QED) is 0.684. The van der Waals surface area contributed by atoms with Gasteiger partial charge in [-0.2, -0.15) is 0 Å². The third kappa shape index (κ3) is 6.43. The Morgan fingerprint density at radius 2 is 1.69 bits per heavy atom. The van der Waals surface area contributed by atoms with Crippen molar-refractivity contribution in [2.24, 2.45) is 17.1 Å². The SMILES string of the molecule is CC(C)(CN)CN(Cc1ccc(NC(=O)Cc2ccccc2)cc1)C(=O)C1CC1. The van der Waals surface area contributed by atoms with Crippen LogP contribution in [-0.4, -0.2) is 29.8 Å². The molecule has 1 aliphatic rings. The summed E-state index contributed by atoms with van der Waals surface area (Å²) in [4.78, 5) is 26.9. The van der Waals surface area contributed by atoms with Crippen LogP contribution in [0.3, 0.4) is 0 Å². The van der Waals surface area contributed by atoms with Crippen LogP contribution < -0.4 is 11.1 Å². The molecule has 2 amide bonds. The Kier molecular flexibility index (Phi) is 6.70. The van der Waals surface area contributed by atoms with Crippen molar-refractivity contribution < 1.29 is 9.59 Å². The van der Waals surface area contributed by atoms with E-state index >= 15 is 0 Å². The second-order valence-corrected chi connectivity index (χ2v) is 8.74. The summed E-state index contributed by atoms with van der Waals surface area (Å²) in [5.41, 5.74) is 8.56. The van der Waals surface area contributed by atoms with Crippen LogP contribution in [0.2, 0.25) is 0 Å². The van der Waals surface area contributed by atoms with Crippen molar-refractivity contribution in [3.63, 3.8) is 0 Å². The summed E-state index contributed by atoms with van der Waals surface area (Å²) in [6.45, 7) is 5.93. The van der Waals surface area contributed by atoms with Gasteiger partial charge in [-0.3, -0.25) is 9.59 Å². The van der Waals surface area contributed by atoms with E-state index in [-0.39, 0.29) is 23.1 Å². The van der Waals surface area contributed by atoms with Gasteiger partial charge < -0.3 is 16.0 Å². The van der Waals surface area contributed by atoms with Gasteiger partial charge in [-0.15, -0.1) is 0 Å². The lowest BCUT2D eigenvalue weighted by atomic mass is 9.92. The molecule has 154 valence electrons. The van der Waals surface area contributed by atoms with Gasteiger partial charge >= 0.3 is 0 Å². The minimum absolute atomic E-state index is 0.0424. The maximum Gasteiger partial charge on any atom is 0.228 e. The first-order valence-corrected chi connectivity index (χ1v) is 10.3. The van der Waals surface area contributed by atoms with Crippen molar-refractivity contribution >= 4 is 17.5 Å². The van der Waals surface area contributed by atoms with E-state index in [1.165, 1.54) is 0 Å². The lowest BCUT2D eigenvalue weighted by molar-refractivity contribution is -0.134. The summed E-state index contributed by atoms with van der Waals surface area (Å²) >= 11 is 0. The lowest BCUT2D eigenvalue weighted by Crippen LogP contribution is -2.42. The van der Waals surface area contributed by atoms with E-state index in [0.717, 1.165) is 29.7 Å². The van der Waals surface area contributed by atoms with Crippen molar-refractivity contribution in [2.75, 3.05) is 18.4 Å². The van der Waals surface area contributed by atoms with Crippen molar-refractivity contribution in [1.29, 1.82) is 0 Å². The zero-order valence-electron chi connectivity index (χ0n) is 17.4. The summed E-state index contributed by atoms with van der Waals surface area (Å²) in [7, 11) is 0. The van der Waals surface area contributed by atoms with Gasteiger partial charge in [0.1, 0.15) is 0 Å². The molecule has 0 atom stereocenters. The predicted molar refractivity (Wildman–Crippen MR) is 116 cm³/mol. The first kappa shape index (κ1) is 21.1. The second kappa shape index (κ2) is 9.23. The fourth-order valence-electron chi connectivity index (χ4n) is 3.28. The molecule has 0 heterocycles. The third-order valence-electron chi connectivity index (χ3n) is 5.23. The molecule has 0 bridgehead atoms. The average molecular weight is 394 g/mol. The smallest absolute Gasteiger partial charge is 0.228 e. The fraction of sp³-hybridized carbons (Fsp3) is 0.417. The number of hydrogen-bond acceptors (Lipinski definition) is 3. The molecule has 5 heteroatoms. The Hall–Kier alpha value is -2.66. The van der Waals surface area contributed by atoms with Crippen molar-refractivity contribution in [1.82, 2.24) is 4.90 Å². The van der Waals surface area contributed by atoms with Gasteiger partial charge in [0.05, 0.1) is 6.42 Å². The number of nitrogens with two attached hydrogens (primary N) is 1. The largest absolute Gasteiger partial charge is 0.338 e. The molecular formula is C24H31N3O2. The van der Waals surface area contributed by atoms with Crippen LogP contribution in [0.4, 0.5) is 5.69 Å². The van der Waals surface area contributed by atoms with Crippen LogP contribution in [0.5, 0.6) is 0 Å². The van der Waals surface area contributed by atoms with Gasteiger partial charge in [0.25, 0.3) is 0 Å². The lowest BCUT2D eigenvalue weighted by Gasteiger charge is -2.32. The molecule has 3 rings (SSSR count). The summed E-state index contributed by atoms with van der Waals surface area (Å²) < 4.78 is 0. The van der Waals surface area contributed by atoms with Crippen molar-refractivity contribution in [3.05, 3.63) is 65.7 Å². The highest BCUT2D eigenvalue weighted by atomic mass is 16.2. The third-order valence-corrected chi connectivity index (χ3v) is 5.23. The van der Waals surface area contributed by atoms with Gasteiger partial charge in [0.2, 0.25) is 11.8 Å². The number of nitrogens with zero attached hydrogens (tertiary/aromatic N) is 1. The molecule has 0 aliphatic heterocycles. The van der Waals surface area contributed by atoms with Crippen LogP contribution in [0.25, 0.3) is 0 Å². The highest BCUT2D eigenvalue weighted by molar-refractivity contribution is 5.92. The van der Waals surface area contributed by atoms with Crippen LogP contribution in [0, 0.1) is 11.3 Å². The Morgan fingerprint density at radius 1 is 1.03 bits per heavy atom. The Labute approximate surface area is 173 Å². The standard InChI is InChI=1S/C24H31N3O2/c1-24(2,16-25)17-27(23(29)20-10-11-20)15-19-8-12-21(13-9-19)26-22(28)14-18-6-4-3-5-7-18/h3-9,12-13,20H,10-11,14-17,25H2,1-2H3,(H,26,28). The van der Waals surface area contributed by atoms with Gasteiger partial charge in [-0.25, -0.2) is 0 Å². The highest BCUT2D eigenvalue weighted by Gasteiger charge is 2.35. The number of nitrogens with one attached hydrogen (secondary N) is 1. The zero-order chi connectivity index (χ0) is 20.9. The molecule has 3 N–H and O–H groups in total. The van der Waals surface area contributed by atoms with E-state index < -0.39 is 0 Å². The van der Waals surface area contributed by atoms with E-state index in [9.17, 15) is 9.59 Å². The van der Waals surface area contributed by atoms with Gasteiger partial charge in [0, 0.05) is 24.7 Å². The maximum atomic E-state index is 12.7. The van der Waals surface area contributed by atoms with E-state index in [2.05, 4.69) is 19.2 Å². The number of carbonyl (C=O) groups excluding carboxylic acids is 2. The molecule has 0 radical (unpaired) electrons. The monoisotopic (exact) mass is 393 g/mol. The molecule has 0 spiro atoms. The summed E-state index contributed by atoms with van der Waals surface area (Å²) in [5, 5.41) is 2.93. The Bertz CT molecular complexity index is 827. The molecule has 2 aromatic rings. The van der Waals surface area contributed by atoms with E-state index in [1.54, 1.807) is 0 Å². The topological polar surface area (TPSA) is 75.4 Å². The van der Waals surface area contributed by atoms with Gasteiger partial charge in [-0.1, -0.05) is 56.3 Å². The zero-order valence-corrected chi connectivity index (χ0v) is 17.4. The normalized spacial score (nSPS) is 13.8. The number of hydrogen-bond donors (Lipinski definition) is 2. The van der Waals surface area contributed by atoms with Gasteiger partial charge in [-0.05, 0) is 48.1 Å². The van der Waals surface area contributed by atoms with Crippen LogP contribution >= 0.6 is 0 Å². The fourth-order valence-corrected chi connectivity index (χ4v) is 3.28. The molecule has 0 aromatic heterocycles. The molecule has 0 unspecified atom stereocenters. The molecular weight excluding hydrogens is 362 g/mol. The molecule has 0 saturated heterocycles. The average Bonchev–Trinajstić information content (AvgIpc) is 3.54. The van der Waals surface area contributed by atoms with Crippen LogP contribution in [0.1, 0.15) is 37.8 Å². The molecule has 29 heavy (non-hydrogen) atoms. The van der Waals surface area contributed by atoms with E-state index in [0.29, 0.717) is 26.1 Å². The first-order chi connectivity index (χ1) is 13.9. The van der Waals surface area contributed by atoms with E-state index in [4.69, 9.17) is 5.73 Å². The maximum absolute atomic E-state index is 12.7. The predicted octanol–water partition coefficient (Wildman–Crippen LogP) is 3.59. The number of benzene rings is 2. The molecule has 5 nitrogen and oxygen atoms in total. The minimum atomic E-state index is -0.115. The second-order valence-electron chi connectivity index (χ2n) is 8.74. The number of rotatable bonds is 9. The molecule has 1 aliphatic carbocycles. The molecule has 2 aromatic carbocycles. The first-order valence-electron chi connectivity index (χ1n) is 10.3. The summed E-state index contributed by atoms with van der Waals surface area (Å²) in [6.07, 6.45) is 2.33. The number of carbonyl (C=O) groups is 2. The highest BCUT2D eigenvalue weighted by Crippen LogP contribution is 2.32. The van der Waals surface area contributed by atoms with Crippen LogP contribution in [0.15, 0.2) is 54.6 Å². The Balaban J connectivity index is 1.60. The summed E-state index contributed by atoms with van der Waals surface area (Å²) in [5.74, 6) is 0.367. The summed E-state index contributed by atoms with van der Waals surface area (Å²) in [6, 6.07) is 17.4. The van der Waals surface area contributed by atoms with Crippen molar-refractivity contribution in [3.8, 4) is 0 Å². The minimum Gasteiger partial charge on any atom is -0.338 e.